The van der Waals surface area contributed by atoms with Crippen LogP contribution in [0.25, 0.3) is 0 Å². The van der Waals surface area contributed by atoms with Gasteiger partial charge >= 0.3 is 14.3 Å². The Labute approximate surface area is 45.8 Å². The van der Waals surface area contributed by atoms with Gasteiger partial charge in [-0.3, -0.25) is 14.2 Å². The van der Waals surface area contributed by atoms with Crippen LogP contribution >= 0.6 is 7.82 Å². The van der Waals surface area contributed by atoms with Crippen molar-refractivity contribution in [1.82, 2.24) is 0 Å². The maximum absolute atomic E-state index is 10.1. The Hall–Kier alpha value is -0.380. The summed E-state index contributed by atoms with van der Waals surface area (Å²) in [6.45, 7) is -0.149. The molecule has 0 bridgehead atoms. The molecule has 0 saturated carbocycles. The molecule has 0 aliphatic carbocycles. The molecule has 1 atom stereocenters. The van der Waals surface area contributed by atoms with Crippen molar-refractivity contribution in [2.45, 2.75) is 0 Å². The number of phosphoric ester groups is 1. The molecule has 0 aromatic carbocycles. The maximum Gasteiger partial charge on any atom is 0.529 e. The van der Waals surface area contributed by atoms with Gasteiger partial charge in [-0.25, -0.2) is 4.57 Å². The van der Waals surface area contributed by atoms with E-state index in [4.69, 9.17) is 4.89 Å². The first-order valence-corrected chi connectivity index (χ1v) is 3.12. The van der Waals surface area contributed by atoms with Crippen LogP contribution in [0.4, 0.5) is 0 Å². The molecular formula is C2H5O5P. The van der Waals surface area contributed by atoms with Crippen LogP contribution in [0, 0.1) is 0 Å². The Bertz CT molecular complexity index is 120. The Morgan fingerprint density at radius 3 is 2.38 bits per heavy atom. The number of carbonyl (C=O) groups is 1. The molecular weight excluding hydrogens is 135 g/mol. The summed E-state index contributed by atoms with van der Waals surface area (Å²) in [5.41, 5.74) is 0. The van der Waals surface area contributed by atoms with Crippen molar-refractivity contribution >= 4 is 14.3 Å². The molecule has 0 saturated heterocycles. The predicted octanol–water partition coefficient (Wildman–Crippen LogP) is -0.0938. The fourth-order valence-electron chi connectivity index (χ4n) is 0.0974. The van der Waals surface area contributed by atoms with E-state index in [9.17, 15) is 9.36 Å². The second-order valence-corrected chi connectivity index (χ2v) is 2.37. The largest absolute Gasteiger partial charge is 0.529 e. The van der Waals surface area contributed by atoms with Crippen molar-refractivity contribution in [1.29, 1.82) is 0 Å². The van der Waals surface area contributed by atoms with Crippen molar-refractivity contribution in [3.63, 3.8) is 0 Å². The van der Waals surface area contributed by atoms with E-state index in [1.807, 2.05) is 0 Å². The zero-order valence-electron chi connectivity index (χ0n) is 4.10. The van der Waals surface area contributed by atoms with Crippen LogP contribution in [0.15, 0.2) is 0 Å². The molecule has 0 aliphatic heterocycles. The molecule has 0 aromatic heterocycles. The van der Waals surface area contributed by atoms with Crippen molar-refractivity contribution < 1.29 is 23.3 Å². The maximum atomic E-state index is 10.1. The standard InChI is InChI=1S/C2H5O5P/c1-6-8(4,5)7-2-3/h2H,1H3,(H,4,5). The van der Waals surface area contributed by atoms with Crippen LogP contribution in [0.5, 0.6) is 0 Å². The lowest BCUT2D eigenvalue weighted by atomic mass is 11.7. The van der Waals surface area contributed by atoms with E-state index >= 15 is 0 Å². The average Bonchev–Trinajstić information content (AvgIpc) is 1.67. The molecule has 0 fully saturated rings. The molecule has 5 nitrogen and oxygen atoms in total. The zero-order valence-corrected chi connectivity index (χ0v) is 5.00. The minimum absolute atomic E-state index is 0.149. The van der Waals surface area contributed by atoms with Gasteiger partial charge in [0.2, 0.25) is 0 Å². The number of rotatable bonds is 3. The van der Waals surface area contributed by atoms with Gasteiger partial charge in [0.1, 0.15) is 0 Å². The second kappa shape index (κ2) is 2.81. The monoisotopic (exact) mass is 140 g/mol. The highest BCUT2D eigenvalue weighted by Gasteiger charge is 2.17. The fraction of sp³-hybridized carbons (Fsp3) is 0.500. The Balaban J connectivity index is 3.72. The molecule has 0 amide bonds. The summed E-state index contributed by atoms with van der Waals surface area (Å²) in [5, 5.41) is 0. The number of phosphoric acid groups is 1. The molecule has 0 spiro atoms. The van der Waals surface area contributed by atoms with Gasteiger partial charge < -0.3 is 4.52 Å². The summed E-state index contributed by atoms with van der Waals surface area (Å²) < 4.78 is 17.5. The molecule has 0 rings (SSSR count). The third-order valence-electron chi connectivity index (χ3n) is 0.407. The number of hydrogen-bond donors (Lipinski definition) is 1. The molecule has 8 heavy (non-hydrogen) atoms. The van der Waals surface area contributed by atoms with Gasteiger partial charge in [0, 0.05) is 7.11 Å². The average molecular weight is 140 g/mol. The first kappa shape index (κ1) is 7.62. The lowest BCUT2D eigenvalue weighted by Gasteiger charge is -2.01. The smallest absolute Gasteiger partial charge is 0.373 e. The van der Waals surface area contributed by atoms with E-state index in [1.54, 1.807) is 0 Å². The molecule has 1 unspecified atom stereocenters. The highest BCUT2D eigenvalue weighted by Crippen LogP contribution is 2.40. The lowest BCUT2D eigenvalue weighted by molar-refractivity contribution is -0.122. The van der Waals surface area contributed by atoms with Crippen molar-refractivity contribution in [3.8, 4) is 0 Å². The van der Waals surface area contributed by atoms with Crippen molar-refractivity contribution in [3.05, 3.63) is 0 Å². The number of hydrogen-bond acceptors (Lipinski definition) is 4. The summed E-state index contributed by atoms with van der Waals surface area (Å²) in [6, 6.07) is 0. The van der Waals surface area contributed by atoms with Gasteiger partial charge in [-0.15, -0.1) is 0 Å². The van der Waals surface area contributed by atoms with Crippen LogP contribution in [0.1, 0.15) is 0 Å². The van der Waals surface area contributed by atoms with E-state index in [2.05, 4.69) is 9.05 Å². The molecule has 48 valence electrons. The van der Waals surface area contributed by atoms with Crippen molar-refractivity contribution in [2.24, 2.45) is 0 Å². The quantitative estimate of drug-likeness (QED) is 0.438. The summed E-state index contributed by atoms with van der Waals surface area (Å²) in [4.78, 5) is 17.5. The highest BCUT2D eigenvalue weighted by atomic mass is 31.2. The minimum atomic E-state index is -4.04. The number of carbonyl (C=O) groups excluding carboxylic acids is 1. The van der Waals surface area contributed by atoms with Gasteiger partial charge in [0.05, 0.1) is 0 Å². The third kappa shape index (κ3) is 2.74. The molecule has 0 aliphatic rings. The molecule has 0 heterocycles. The second-order valence-electron chi connectivity index (χ2n) is 0.853. The highest BCUT2D eigenvalue weighted by molar-refractivity contribution is 7.47. The third-order valence-corrected chi connectivity index (χ3v) is 1.22. The molecule has 0 aromatic rings. The van der Waals surface area contributed by atoms with Crippen LogP contribution in [-0.2, 0) is 18.4 Å². The van der Waals surface area contributed by atoms with E-state index in [-0.39, 0.29) is 6.47 Å². The lowest BCUT2D eigenvalue weighted by Crippen LogP contribution is -1.87. The summed E-state index contributed by atoms with van der Waals surface area (Å²) in [7, 11) is -3.08. The van der Waals surface area contributed by atoms with Crippen molar-refractivity contribution in [2.75, 3.05) is 7.11 Å². The van der Waals surface area contributed by atoms with Crippen LogP contribution in [0.2, 0.25) is 0 Å². The van der Waals surface area contributed by atoms with E-state index in [0.717, 1.165) is 7.11 Å². The SMILES string of the molecule is COP(=O)(O)OC=O. The minimum Gasteiger partial charge on any atom is -0.373 e. The zero-order chi connectivity index (χ0) is 6.62. The van der Waals surface area contributed by atoms with E-state index in [0.29, 0.717) is 0 Å². The van der Waals surface area contributed by atoms with Crippen LogP contribution in [0.3, 0.4) is 0 Å². The van der Waals surface area contributed by atoms with Crippen LogP contribution < -0.4 is 0 Å². The summed E-state index contributed by atoms with van der Waals surface area (Å²) in [5.74, 6) is 0. The summed E-state index contributed by atoms with van der Waals surface area (Å²) in [6.07, 6.45) is 0. The Morgan fingerprint density at radius 2 is 2.25 bits per heavy atom. The first-order chi connectivity index (χ1) is 3.62. The predicted molar refractivity (Wildman–Crippen MR) is 24.0 cm³/mol. The molecule has 6 heteroatoms. The van der Waals surface area contributed by atoms with Gasteiger partial charge in [-0.1, -0.05) is 0 Å². The van der Waals surface area contributed by atoms with E-state index in [1.165, 1.54) is 0 Å². The van der Waals surface area contributed by atoms with Crippen LogP contribution in [-0.4, -0.2) is 18.5 Å². The van der Waals surface area contributed by atoms with Gasteiger partial charge in [-0.05, 0) is 0 Å². The fourth-order valence-corrected chi connectivity index (χ4v) is 0.292. The van der Waals surface area contributed by atoms with Gasteiger partial charge in [0.15, 0.2) is 0 Å². The Morgan fingerprint density at radius 1 is 1.75 bits per heavy atom. The topological polar surface area (TPSA) is 72.8 Å². The van der Waals surface area contributed by atoms with Gasteiger partial charge in [0.25, 0.3) is 0 Å². The first-order valence-electron chi connectivity index (χ1n) is 1.63. The normalized spacial score (nSPS) is 16.8. The molecule has 0 radical (unpaired) electrons. The van der Waals surface area contributed by atoms with Gasteiger partial charge in [-0.2, -0.15) is 0 Å². The summed E-state index contributed by atoms with van der Waals surface area (Å²) >= 11 is 0. The molecule has 1 N–H and O–H groups in total. The van der Waals surface area contributed by atoms with E-state index < -0.39 is 7.82 Å². The Kier molecular flexibility index (Phi) is 2.68.